The summed E-state index contributed by atoms with van der Waals surface area (Å²) in [5, 5.41) is 2.19. The minimum absolute atomic E-state index is 0.0212. The summed E-state index contributed by atoms with van der Waals surface area (Å²) >= 11 is 11.4. The van der Waals surface area contributed by atoms with E-state index in [0.29, 0.717) is 30.4 Å². The van der Waals surface area contributed by atoms with Crippen molar-refractivity contribution in [3.05, 3.63) is 48.0 Å². The lowest BCUT2D eigenvalue weighted by Gasteiger charge is -2.20. The fraction of sp³-hybridized carbons (Fsp3) is 0.267. The number of rotatable bonds is 5. The molecule has 0 fully saturated rings. The van der Waals surface area contributed by atoms with Gasteiger partial charge in [0.15, 0.2) is 0 Å². The molecule has 2 aromatic rings. The molecule has 0 aliphatic rings. The third-order valence-electron chi connectivity index (χ3n) is 2.99. The highest BCUT2D eigenvalue weighted by Gasteiger charge is 2.14. The molecule has 0 bridgehead atoms. The van der Waals surface area contributed by atoms with Crippen LogP contribution in [0.1, 0.15) is 10.4 Å². The minimum atomic E-state index is -0.0212. The quantitative estimate of drug-likeness (QED) is 0.769. The summed E-state index contributed by atoms with van der Waals surface area (Å²) in [4.78, 5) is 14.1. The van der Waals surface area contributed by atoms with E-state index in [2.05, 4.69) is 0 Å². The van der Waals surface area contributed by atoms with Gasteiger partial charge in [-0.2, -0.15) is 0 Å². The van der Waals surface area contributed by atoms with Gasteiger partial charge in [0.25, 0.3) is 5.91 Å². The predicted octanol–water partition coefficient (Wildman–Crippen LogP) is 3.76. The molecule has 100 valence electrons. The molecule has 0 atom stereocenters. The van der Waals surface area contributed by atoms with Gasteiger partial charge in [-0.25, -0.2) is 0 Å². The predicted molar refractivity (Wildman–Crippen MR) is 81.3 cm³/mol. The van der Waals surface area contributed by atoms with Gasteiger partial charge in [-0.05, 0) is 22.9 Å². The molecule has 0 aliphatic heterocycles. The number of halogens is 2. The molecule has 0 saturated heterocycles. The molecule has 0 spiro atoms. The highest BCUT2D eigenvalue weighted by Crippen LogP contribution is 2.17. The molecule has 0 aromatic heterocycles. The summed E-state index contributed by atoms with van der Waals surface area (Å²) in [5.41, 5.74) is 0.675. The SMILES string of the molecule is O=C(c1ccc2ccccc2c1)N(CCCl)CCCl. The first-order valence-corrected chi connectivity index (χ1v) is 7.23. The maximum atomic E-state index is 12.4. The Labute approximate surface area is 122 Å². The lowest BCUT2D eigenvalue weighted by Crippen LogP contribution is -2.34. The van der Waals surface area contributed by atoms with Crippen molar-refractivity contribution in [1.29, 1.82) is 0 Å². The zero-order valence-corrected chi connectivity index (χ0v) is 12.0. The number of carbonyl (C=O) groups is 1. The molecule has 19 heavy (non-hydrogen) atoms. The molecular formula is C15H15Cl2NO. The first-order valence-electron chi connectivity index (χ1n) is 6.16. The van der Waals surface area contributed by atoms with Gasteiger partial charge in [0, 0.05) is 30.4 Å². The largest absolute Gasteiger partial charge is 0.336 e. The van der Waals surface area contributed by atoms with Crippen molar-refractivity contribution in [3.63, 3.8) is 0 Å². The molecule has 0 heterocycles. The topological polar surface area (TPSA) is 20.3 Å². The maximum Gasteiger partial charge on any atom is 0.253 e. The van der Waals surface area contributed by atoms with Crippen molar-refractivity contribution in [2.24, 2.45) is 0 Å². The second-order valence-electron chi connectivity index (χ2n) is 4.23. The van der Waals surface area contributed by atoms with Crippen LogP contribution in [0.2, 0.25) is 0 Å². The van der Waals surface area contributed by atoms with Crippen LogP contribution in [0.5, 0.6) is 0 Å². The van der Waals surface area contributed by atoms with E-state index in [1.165, 1.54) is 0 Å². The van der Waals surface area contributed by atoms with Gasteiger partial charge < -0.3 is 4.90 Å². The van der Waals surface area contributed by atoms with E-state index in [-0.39, 0.29) is 5.91 Å². The first kappa shape index (κ1) is 14.2. The van der Waals surface area contributed by atoms with Crippen LogP contribution in [0.15, 0.2) is 42.5 Å². The molecule has 2 nitrogen and oxygen atoms in total. The molecule has 0 N–H and O–H groups in total. The number of nitrogens with zero attached hydrogens (tertiary/aromatic N) is 1. The van der Waals surface area contributed by atoms with Crippen molar-refractivity contribution < 1.29 is 4.79 Å². The highest BCUT2D eigenvalue weighted by molar-refractivity contribution is 6.18. The molecule has 1 amide bonds. The summed E-state index contributed by atoms with van der Waals surface area (Å²) < 4.78 is 0. The summed E-state index contributed by atoms with van der Waals surface area (Å²) in [7, 11) is 0. The van der Waals surface area contributed by atoms with E-state index in [9.17, 15) is 4.79 Å². The third-order valence-corrected chi connectivity index (χ3v) is 3.33. The number of fused-ring (bicyclic) bond motifs is 1. The van der Waals surface area contributed by atoms with Crippen LogP contribution in [-0.2, 0) is 0 Å². The fourth-order valence-corrected chi connectivity index (χ4v) is 2.43. The number of amides is 1. The monoisotopic (exact) mass is 295 g/mol. The average molecular weight is 296 g/mol. The Kier molecular flexibility index (Phi) is 5.06. The molecule has 2 rings (SSSR count). The Hall–Kier alpha value is -1.25. The summed E-state index contributed by atoms with van der Waals surface area (Å²) in [6.07, 6.45) is 0. The first-order chi connectivity index (χ1) is 9.26. The second-order valence-corrected chi connectivity index (χ2v) is 4.99. The summed E-state index contributed by atoms with van der Waals surface area (Å²) in [5.74, 6) is 0.805. The maximum absolute atomic E-state index is 12.4. The van der Waals surface area contributed by atoms with Crippen LogP contribution in [0.25, 0.3) is 10.8 Å². The zero-order chi connectivity index (χ0) is 13.7. The Balaban J connectivity index is 2.29. The summed E-state index contributed by atoms with van der Waals surface area (Å²) in [6, 6.07) is 13.7. The molecule has 0 aliphatic carbocycles. The third kappa shape index (κ3) is 3.40. The van der Waals surface area contributed by atoms with Crippen LogP contribution in [0.3, 0.4) is 0 Å². The normalized spacial score (nSPS) is 10.6. The van der Waals surface area contributed by atoms with E-state index in [4.69, 9.17) is 23.2 Å². The minimum Gasteiger partial charge on any atom is -0.336 e. The Morgan fingerprint density at radius 2 is 1.58 bits per heavy atom. The lowest BCUT2D eigenvalue weighted by atomic mass is 10.1. The van der Waals surface area contributed by atoms with Crippen LogP contribution >= 0.6 is 23.2 Å². The van der Waals surface area contributed by atoms with Crippen LogP contribution < -0.4 is 0 Å². The van der Waals surface area contributed by atoms with Crippen molar-refractivity contribution in [2.75, 3.05) is 24.8 Å². The zero-order valence-electron chi connectivity index (χ0n) is 10.5. The standard InChI is InChI=1S/C15H15Cl2NO/c16-7-9-18(10-8-17)15(19)14-6-5-12-3-1-2-4-13(12)11-14/h1-6,11H,7-10H2. The Morgan fingerprint density at radius 1 is 0.947 bits per heavy atom. The van der Waals surface area contributed by atoms with Gasteiger partial charge in [-0.15, -0.1) is 23.2 Å². The van der Waals surface area contributed by atoms with Crippen LogP contribution in [0, 0.1) is 0 Å². The number of benzene rings is 2. The lowest BCUT2D eigenvalue weighted by molar-refractivity contribution is 0.0775. The van der Waals surface area contributed by atoms with Crippen molar-refractivity contribution in [3.8, 4) is 0 Å². The Bertz CT molecular complexity index is 565. The number of carbonyl (C=O) groups excluding carboxylic acids is 1. The van der Waals surface area contributed by atoms with Gasteiger partial charge in [-0.3, -0.25) is 4.79 Å². The van der Waals surface area contributed by atoms with E-state index in [1.54, 1.807) is 4.90 Å². The van der Waals surface area contributed by atoms with Gasteiger partial charge in [0.05, 0.1) is 0 Å². The van der Waals surface area contributed by atoms with E-state index < -0.39 is 0 Å². The van der Waals surface area contributed by atoms with Gasteiger partial charge >= 0.3 is 0 Å². The number of hydrogen-bond acceptors (Lipinski definition) is 1. The van der Waals surface area contributed by atoms with Crippen molar-refractivity contribution in [1.82, 2.24) is 4.90 Å². The van der Waals surface area contributed by atoms with E-state index in [0.717, 1.165) is 10.8 Å². The molecule has 0 radical (unpaired) electrons. The van der Waals surface area contributed by atoms with Gasteiger partial charge in [0.1, 0.15) is 0 Å². The van der Waals surface area contributed by atoms with Crippen molar-refractivity contribution in [2.45, 2.75) is 0 Å². The molecule has 0 unspecified atom stereocenters. The molecule has 2 aromatic carbocycles. The van der Waals surface area contributed by atoms with Crippen LogP contribution in [-0.4, -0.2) is 35.7 Å². The highest BCUT2D eigenvalue weighted by atomic mass is 35.5. The van der Waals surface area contributed by atoms with Crippen molar-refractivity contribution >= 4 is 39.9 Å². The molecule has 0 saturated carbocycles. The second kappa shape index (κ2) is 6.78. The fourth-order valence-electron chi connectivity index (χ4n) is 2.02. The van der Waals surface area contributed by atoms with Crippen LogP contribution in [0.4, 0.5) is 0 Å². The van der Waals surface area contributed by atoms with E-state index >= 15 is 0 Å². The Morgan fingerprint density at radius 3 is 2.21 bits per heavy atom. The van der Waals surface area contributed by atoms with Gasteiger partial charge in [-0.1, -0.05) is 30.3 Å². The smallest absolute Gasteiger partial charge is 0.253 e. The number of hydrogen-bond donors (Lipinski definition) is 0. The summed E-state index contributed by atoms with van der Waals surface area (Å²) in [6.45, 7) is 1.03. The molecular weight excluding hydrogens is 281 g/mol. The molecule has 4 heteroatoms. The van der Waals surface area contributed by atoms with E-state index in [1.807, 2.05) is 42.5 Å². The number of alkyl halides is 2. The average Bonchev–Trinajstić information content (AvgIpc) is 2.46. The van der Waals surface area contributed by atoms with Gasteiger partial charge in [0.2, 0.25) is 0 Å².